The first kappa shape index (κ1) is 16.0. The van der Waals surface area contributed by atoms with Crippen LogP contribution in [-0.2, 0) is 11.3 Å². The zero-order valence-corrected chi connectivity index (χ0v) is 10.8. The Balaban J connectivity index is 2.44. The summed E-state index contributed by atoms with van der Waals surface area (Å²) in [5.41, 5.74) is 5.48. The number of aromatic nitrogens is 2. The predicted molar refractivity (Wildman–Crippen MR) is 65.2 cm³/mol. The van der Waals surface area contributed by atoms with Gasteiger partial charge in [-0.05, 0) is 6.92 Å². The van der Waals surface area contributed by atoms with Crippen molar-refractivity contribution >= 4 is 12.3 Å². The molecule has 1 heterocycles. The Hall–Kier alpha value is -2.04. The van der Waals surface area contributed by atoms with Crippen LogP contribution >= 0.6 is 0 Å². The average Bonchev–Trinajstić information content (AvgIpc) is 2.90. The summed E-state index contributed by atoms with van der Waals surface area (Å²) in [6.45, 7) is 0.963. The van der Waals surface area contributed by atoms with Crippen LogP contribution in [0.25, 0.3) is 0 Å². The standard InChI is InChI=1S/C10H17N5O5/c1-5(18)7(4-17)13-10(19)12-2-8-14-9(15-20-8)6(11)3-16/h4-7,16,18H,2-3,11H2,1H3,(H2,12,13,19). The number of aliphatic hydroxyl groups excluding tert-OH is 2. The second-order valence-electron chi connectivity index (χ2n) is 4.06. The van der Waals surface area contributed by atoms with Crippen molar-refractivity contribution in [1.29, 1.82) is 0 Å². The fourth-order valence-corrected chi connectivity index (χ4v) is 1.20. The third-order valence-electron chi connectivity index (χ3n) is 2.38. The van der Waals surface area contributed by atoms with Gasteiger partial charge in [0.05, 0.1) is 25.3 Å². The van der Waals surface area contributed by atoms with Gasteiger partial charge in [0, 0.05) is 0 Å². The molecule has 20 heavy (non-hydrogen) atoms. The lowest BCUT2D eigenvalue weighted by molar-refractivity contribution is -0.111. The van der Waals surface area contributed by atoms with Gasteiger partial charge in [0.1, 0.15) is 12.3 Å². The topological polar surface area (TPSA) is 164 Å². The molecule has 1 rings (SSSR count). The molecule has 0 saturated heterocycles. The summed E-state index contributed by atoms with van der Waals surface area (Å²) in [5.74, 6) is 0.221. The van der Waals surface area contributed by atoms with E-state index in [0.717, 1.165) is 0 Å². The maximum Gasteiger partial charge on any atom is 0.315 e. The van der Waals surface area contributed by atoms with Gasteiger partial charge < -0.3 is 35.9 Å². The Morgan fingerprint density at radius 2 is 2.30 bits per heavy atom. The van der Waals surface area contributed by atoms with E-state index < -0.39 is 24.2 Å². The van der Waals surface area contributed by atoms with Crippen LogP contribution in [0, 0.1) is 0 Å². The Morgan fingerprint density at radius 1 is 1.60 bits per heavy atom. The van der Waals surface area contributed by atoms with E-state index >= 15 is 0 Å². The van der Waals surface area contributed by atoms with E-state index in [1.165, 1.54) is 6.92 Å². The van der Waals surface area contributed by atoms with Crippen LogP contribution in [0.4, 0.5) is 4.79 Å². The Labute approximate surface area is 114 Å². The number of carbonyl (C=O) groups excluding carboxylic acids is 2. The Morgan fingerprint density at radius 3 is 2.85 bits per heavy atom. The average molecular weight is 287 g/mol. The first-order valence-corrected chi connectivity index (χ1v) is 5.84. The summed E-state index contributed by atoms with van der Waals surface area (Å²) in [5, 5.41) is 26.2. The molecule has 0 bridgehead atoms. The molecule has 0 aliphatic rings. The van der Waals surface area contributed by atoms with Crippen molar-refractivity contribution in [3.63, 3.8) is 0 Å². The van der Waals surface area contributed by atoms with Crippen LogP contribution in [0.15, 0.2) is 4.52 Å². The molecule has 1 aromatic rings. The molecule has 112 valence electrons. The normalized spacial score (nSPS) is 15.2. The second-order valence-corrected chi connectivity index (χ2v) is 4.06. The molecule has 0 aliphatic carbocycles. The lowest BCUT2D eigenvalue weighted by Gasteiger charge is -2.15. The van der Waals surface area contributed by atoms with Crippen molar-refractivity contribution < 1.29 is 24.3 Å². The highest BCUT2D eigenvalue weighted by molar-refractivity contribution is 5.78. The largest absolute Gasteiger partial charge is 0.394 e. The van der Waals surface area contributed by atoms with E-state index in [1.54, 1.807) is 0 Å². The first-order valence-electron chi connectivity index (χ1n) is 5.84. The minimum Gasteiger partial charge on any atom is -0.394 e. The van der Waals surface area contributed by atoms with Crippen LogP contribution in [0.1, 0.15) is 24.7 Å². The third-order valence-corrected chi connectivity index (χ3v) is 2.38. The Kier molecular flexibility index (Phi) is 6.03. The number of aliphatic hydroxyl groups is 2. The minimum atomic E-state index is -1.00. The van der Waals surface area contributed by atoms with Crippen molar-refractivity contribution in [1.82, 2.24) is 20.8 Å². The highest BCUT2D eigenvalue weighted by Gasteiger charge is 2.17. The van der Waals surface area contributed by atoms with Gasteiger partial charge in [0.2, 0.25) is 5.89 Å². The number of hydrogen-bond donors (Lipinski definition) is 5. The summed E-state index contributed by atoms with van der Waals surface area (Å²) < 4.78 is 4.80. The number of nitrogens with one attached hydrogen (secondary N) is 2. The fourth-order valence-electron chi connectivity index (χ4n) is 1.20. The molecular formula is C10H17N5O5. The zero-order chi connectivity index (χ0) is 15.1. The molecule has 10 heteroatoms. The van der Waals surface area contributed by atoms with Gasteiger partial charge in [-0.3, -0.25) is 0 Å². The van der Waals surface area contributed by atoms with E-state index in [0.29, 0.717) is 6.29 Å². The van der Waals surface area contributed by atoms with Crippen LogP contribution in [0.3, 0.4) is 0 Å². The number of nitrogens with two attached hydrogens (primary N) is 1. The van der Waals surface area contributed by atoms with Crippen molar-refractivity contribution in [2.24, 2.45) is 5.73 Å². The fraction of sp³-hybridized carbons (Fsp3) is 0.600. The monoisotopic (exact) mass is 287 g/mol. The van der Waals surface area contributed by atoms with Gasteiger partial charge in [0.15, 0.2) is 5.82 Å². The second kappa shape index (κ2) is 7.53. The lowest BCUT2D eigenvalue weighted by Crippen LogP contribution is -2.47. The molecule has 10 nitrogen and oxygen atoms in total. The van der Waals surface area contributed by atoms with E-state index in [9.17, 15) is 14.7 Å². The van der Waals surface area contributed by atoms with Crippen LogP contribution in [-0.4, -0.2) is 51.4 Å². The van der Waals surface area contributed by atoms with Crippen LogP contribution in [0.5, 0.6) is 0 Å². The number of carbonyl (C=O) groups is 2. The van der Waals surface area contributed by atoms with Crippen LogP contribution in [0.2, 0.25) is 0 Å². The summed E-state index contributed by atoms with van der Waals surface area (Å²) in [7, 11) is 0. The summed E-state index contributed by atoms with van der Waals surface area (Å²) in [6, 6.07) is -2.43. The molecule has 0 spiro atoms. The van der Waals surface area contributed by atoms with Crippen LogP contribution < -0.4 is 16.4 Å². The smallest absolute Gasteiger partial charge is 0.315 e. The van der Waals surface area contributed by atoms with Crippen molar-refractivity contribution in [2.75, 3.05) is 6.61 Å². The van der Waals surface area contributed by atoms with Crippen molar-refractivity contribution in [3.8, 4) is 0 Å². The van der Waals surface area contributed by atoms with Gasteiger partial charge in [-0.2, -0.15) is 4.98 Å². The molecule has 0 saturated carbocycles. The number of hydrogen-bond acceptors (Lipinski definition) is 8. The van der Waals surface area contributed by atoms with Gasteiger partial charge in [-0.1, -0.05) is 5.16 Å². The van der Waals surface area contributed by atoms with E-state index in [-0.39, 0.29) is 24.9 Å². The van der Waals surface area contributed by atoms with Crippen molar-refractivity contribution in [2.45, 2.75) is 31.7 Å². The first-order chi connectivity index (χ1) is 9.47. The molecule has 1 aromatic heterocycles. The quantitative estimate of drug-likeness (QED) is 0.353. The molecule has 0 aliphatic heterocycles. The molecule has 3 atom stereocenters. The SMILES string of the molecule is CC(O)C(C=O)NC(=O)NCc1nc(C(N)CO)no1. The van der Waals surface area contributed by atoms with Gasteiger partial charge in [-0.25, -0.2) is 4.79 Å². The third kappa shape index (κ3) is 4.57. The highest BCUT2D eigenvalue weighted by Crippen LogP contribution is 2.04. The molecule has 2 amide bonds. The van der Waals surface area contributed by atoms with Gasteiger partial charge in [0.25, 0.3) is 0 Å². The van der Waals surface area contributed by atoms with E-state index in [1.807, 2.05) is 0 Å². The summed E-state index contributed by atoms with van der Waals surface area (Å²) in [4.78, 5) is 25.9. The molecular weight excluding hydrogens is 270 g/mol. The number of urea groups is 1. The minimum absolute atomic E-state index is 0.0810. The number of amides is 2. The maximum absolute atomic E-state index is 11.4. The summed E-state index contributed by atoms with van der Waals surface area (Å²) >= 11 is 0. The lowest BCUT2D eigenvalue weighted by atomic mass is 10.2. The predicted octanol–water partition coefficient (Wildman–Crippen LogP) is -2.19. The summed E-state index contributed by atoms with van der Waals surface area (Å²) in [6.07, 6.45) is -0.578. The number of nitrogens with zero attached hydrogens (tertiary/aromatic N) is 2. The van der Waals surface area contributed by atoms with Crippen molar-refractivity contribution in [3.05, 3.63) is 11.7 Å². The number of rotatable bonds is 7. The Bertz CT molecular complexity index is 449. The molecule has 0 fully saturated rings. The zero-order valence-electron chi connectivity index (χ0n) is 10.8. The van der Waals surface area contributed by atoms with Gasteiger partial charge in [-0.15, -0.1) is 0 Å². The van der Waals surface area contributed by atoms with E-state index in [2.05, 4.69) is 20.8 Å². The maximum atomic E-state index is 11.4. The highest BCUT2D eigenvalue weighted by atomic mass is 16.5. The van der Waals surface area contributed by atoms with Gasteiger partial charge >= 0.3 is 6.03 Å². The molecule has 0 radical (unpaired) electrons. The van der Waals surface area contributed by atoms with E-state index in [4.69, 9.17) is 15.4 Å². The number of aldehydes is 1. The molecule has 3 unspecified atom stereocenters. The molecule has 0 aromatic carbocycles. The molecule has 6 N–H and O–H groups in total.